The molecule has 3 aromatic rings. The Labute approximate surface area is 194 Å². The van der Waals surface area contributed by atoms with Crippen LogP contribution in [0.1, 0.15) is 50.3 Å². The highest BCUT2D eigenvalue weighted by atomic mass is 32.1. The van der Waals surface area contributed by atoms with Gasteiger partial charge in [0.25, 0.3) is 0 Å². The van der Waals surface area contributed by atoms with Crippen LogP contribution in [0.2, 0.25) is 0 Å². The second-order valence-electron chi connectivity index (χ2n) is 8.97. The number of ether oxygens (including phenoxy) is 2. The number of nitrogens with one attached hydrogen (secondary N) is 1. The Balaban J connectivity index is 1.38. The van der Waals surface area contributed by atoms with Crippen molar-refractivity contribution in [3.05, 3.63) is 53.7 Å². The Morgan fingerprint density at radius 1 is 1.16 bits per heavy atom. The molecule has 0 radical (unpaired) electrons. The summed E-state index contributed by atoms with van der Waals surface area (Å²) in [4.78, 5) is 5.94. The normalized spacial score (nSPS) is 18.8. The number of thiazole rings is 1. The third-order valence-electron chi connectivity index (χ3n) is 6.32. The van der Waals surface area contributed by atoms with Crippen LogP contribution >= 0.6 is 11.3 Å². The number of nitrogens with zero attached hydrogens (tertiary/aromatic N) is 1. The van der Waals surface area contributed by atoms with Crippen molar-refractivity contribution in [2.24, 2.45) is 0 Å². The average molecular weight is 450 g/mol. The smallest absolute Gasteiger partial charge is 0.142 e. The van der Waals surface area contributed by atoms with E-state index in [4.69, 9.17) is 20.2 Å². The summed E-state index contributed by atoms with van der Waals surface area (Å²) in [6, 6.07) is 13.7. The lowest BCUT2D eigenvalue weighted by atomic mass is 10.0. The zero-order valence-electron chi connectivity index (χ0n) is 18.8. The maximum Gasteiger partial charge on any atom is 0.142 e. The first-order valence-electron chi connectivity index (χ1n) is 11.6. The zero-order chi connectivity index (χ0) is 22.1. The number of nitrogens with two attached hydrogens (primary N) is 1. The molecule has 1 aromatic heterocycles. The molecule has 168 valence electrons. The summed E-state index contributed by atoms with van der Waals surface area (Å²) in [6.07, 6.45) is 6.57. The van der Waals surface area contributed by atoms with Gasteiger partial charge in [0.05, 0.1) is 16.7 Å². The highest BCUT2D eigenvalue weighted by Crippen LogP contribution is 2.41. The van der Waals surface area contributed by atoms with Crippen molar-refractivity contribution in [1.82, 2.24) is 10.3 Å². The molecule has 5 nitrogen and oxygen atoms in total. The molecule has 1 saturated heterocycles. The molecular formula is C26H31N3O2S. The van der Waals surface area contributed by atoms with Gasteiger partial charge in [-0.25, -0.2) is 4.98 Å². The van der Waals surface area contributed by atoms with E-state index in [1.807, 2.05) is 38.2 Å². The second kappa shape index (κ2) is 9.22. The topological polar surface area (TPSA) is 69.4 Å². The van der Waals surface area contributed by atoms with Gasteiger partial charge < -0.3 is 20.5 Å². The molecule has 1 fully saturated rings. The highest BCUT2D eigenvalue weighted by molar-refractivity contribution is 7.18. The molecule has 3 N–H and O–H groups in total. The van der Waals surface area contributed by atoms with Gasteiger partial charge >= 0.3 is 0 Å². The van der Waals surface area contributed by atoms with E-state index >= 15 is 0 Å². The van der Waals surface area contributed by atoms with Gasteiger partial charge in [-0.05, 0) is 74.4 Å². The molecule has 1 atom stereocenters. The summed E-state index contributed by atoms with van der Waals surface area (Å²) in [5, 5.41) is 4.87. The zero-order valence-corrected chi connectivity index (χ0v) is 19.6. The van der Waals surface area contributed by atoms with E-state index < -0.39 is 0 Å². The molecule has 2 aromatic carbocycles. The van der Waals surface area contributed by atoms with E-state index in [1.165, 1.54) is 21.6 Å². The molecule has 5 rings (SSSR count). The second-order valence-corrected chi connectivity index (χ2v) is 10.00. The van der Waals surface area contributed by atoms with Gasteiger partial charge in [-0.3, -0.25) is 0 Å². The van der Waals surface area contributed by atoms with Crippen LogP contribution in [0.15, 0.2) is 42.6 Å². The molecule has 0 bridgehead atoms. The Bertz CT molecular complexity index is 1090. The van der Waals surface area contributed by atoms with Crippen LogP contribution in [0, 0.1) is 0 Å². The molecule has 32 heavy (non-hydrogen) atoms. The molecule has 0 saturated carbocycles. The van der Waals surface area contributed by atoms with Gasteiger partial charge in [-0.2, -0.15) is 0 Å². The molecule has 0 spiro atoms. The van der Waals surface area contributed by atoms with Gasteiger partial charge in [0, 0.05) is 37.1 Å². The van der Waals surface area contributed by atoms with Crippen molar-refractivity contribution in [1.29, 1.82) is 0 Å². The van der Waals surface area contributed by atoms with Crippen LogP contribution < -0.4 is 15.8 Å². The maximum atomic E-state index is 6.23. The lowest BCUT2D eigenvalue weighted by Crippen LogP contribution is -2.36. The van der Waals surface area contributed by atoms with E-state index in [-0.39, 0.29) is 6.10 Å². The van der Waals surface area contributed by atoms with E-state index in [0.717, 1.165) is 55.2 Å². The number of benzene rings is 2. The van der Waals surface area contributed by atoms with Crippen molar-refractivity contribution >= 4 is 17.0 Å². The Morgan fingerprint density at radius 3 is 2.78 bits per heavy atom. The molecular weight excluding hydrogens is 418 g/mol. The third kappa shape index (κ3) is 4.40. The van der Waals surface area contributed by atoms with E-state index in [9.17, 15) is 0 Å². The number of anilines is 1. The predicted octanol–water partition coefficient (Wildman–Crippen LogP) is 5.60. The molecule has 6 heteroatoms. The first kappa shape index (κ1) is 21.4. The lowest BCUT2D eigenvalue weighted by Gasteiger charge is -2.27. The Morgan fingerprint density at radius 2 is 2.00 bits per heavy atom. The summed E-state index contributed by atoms with van der Waals surface area (Å²) >= 11 is 1.73. The van der Waals surface area contributed by atoms with Crippen LogP contribution in [0.5, 0.6) is 5.75 Å². The van der Waals surface area contributed by atoms with Crippen molar-refractivity contribution in [3.63, 3.8) is 0 Å². The number of rotatable bonds is 6. The fraction of sp³-hybridized carbons (Fsp3) is 0.423. The fourth-order valence-electron chi connectivity index (χ4n) is 4.78. The molecule has 0 amide bonds. The van der Waals surface area contributed by atoms with Gasteiger partial charge in [0.2, 0.25) is 0 Å². The predicted molar refractivity (Wildman–Crippen MR) is 131 cm³/mol. The monoisotopic (exact) mass is 449 g/mol. The van der Waals surface area contributed by atoms with Gasteiger partial charge in [0.1, 0.15) is 10.8 Å². The van der Waals surface area contributed by atoms with E-state index in [0.29, 0.717) is 17.8 Å². The first-order chi connectivity index (χ1) is 15.6. The van der Waals surface area contributed by atoms with Gasteiger partial charge in [0.15, 0.2) is 0 Å². The third-order valence-corrected chi connectivity index (χ3v) is 7.40. The average Bonchev–Trinajstić information content (AvgIpc) is 3.43. The van der Waals surface area contributed by atoms with E-state index in [1.54, 1.807) is 11.3 Å². The summed E-state index contributed by atoms with van der Waals surface area (Å²) in [5.74, 6) is 0.726. The minimum absolute atomic E-state index is 0.0968. The Hall–Kier alpha value is -2.41. The number of aromatic nitrogens is 1. The number of hydrogen-bond donors (Lipinski definition) is 2. The maximum absolute atomic E-state index is 6.23. The minimum atomic E-state index is 0.0968. The van der Waals surface area contributed by atoms with Gasteiger partial charge in [-0.15, -0.1) is 11.3 Å². The minimum Gasteiger partial charge on any atom is -0.489 e. The van der Waals surface area contributed by atoms with Crippen molar-refractivity contribution < 1.29 is 9.47 Å². The number of nitrogen functional groups attached to an aromatic ring is 1. The quantitative estimate of drug-likeness (QED) is 0.479. The summed E-state index contributed by atoms with van der Waals surface area (Å²) in [5.41, 5.74) is 12.1. The van der Waals surface area contributed by atoms with Crippen molar-refractivity contribution in [2.45, 2.75) is 57.7 Å². The van der Waals surface area contributed by atoms with Crippen LogP contribution in [0.3, 0.4) is 0 Å². The van der Waals surface area contributed by atoms with Crippen molar-refractivity contribution in [2.75, 3.05) is 18.9 Å². The van der Waals surface area contributed by atoms with E-state index in [2.05, 4.69) is 23.5 Å². The number of hydrogen-bond acceptors (Lipinski definition) is 6. The highest BCUT2D eigenvalue weighted by Gasteiger charge is 2.28. The summed E-state index contributed by atoms with van der Waals surface area (Å²) in [7, 11) is 0. The van der Waals surface area contributed by atoms with Crippen LogP contribution in [-0.4, -0.2) is 30.3 Å². The van der Waals surface area contributed by atoms with Crippen LogP contribution in [-0.2, 0) is 11.2 Å². The van der Waals surface area contributed by atoms with Crippen molar-refractivity contribution in [3.8, 4) is 26.8 Å². The summed E-state index contributed by atoms with van der Waals surface area (Å²) in [6.45, 7) is 5.75. The largest absolute Gasteiger partial charge is 0.489 e. The molecule has 2 aliphatic rings. The Kier molecular flexibility index (Phi) is 6.17. The SMILES string of the molecule is CC(C)Oc1ccc(-c2ncc(-c3cccc4c3CCC4NC3CCOCC3)s2)cc1N. The van der Waals surface area contributed by atoms with Crippen LogP contribution in [0.4, 0.5) is 5.69 Å². The molecule has 1 aliphatic carbocycles. The molecule has 1 unspecified atom stereocenters. The lowest BCUT2D eigenvalue weighted by molar-refractivity contribution is 0.0749. The standard InChI is InChI=1S/C26H31N3O2S/c1-16(2)31-24-9-6-17(14-22(24)27)26-28-15-25(32-26)21-5-3-4-20-19(21)7-8-23(20)29-18-10-12-30-13-11-18/h3-6,9,14-16,18,23,29H,7-8,10-13,27H2,1-2H3. The van der Waals surface area contributed by atoms with Crippen LogP contribution in [0.25, 0.3) is 21.0 Å². The molecule has 1 aliphatic heterocycles. The molecule has 2 heterocycles. The number of fused-ring (bicyclic) bond motifs is 1. The summed E-state index contributed by atoms with van der Waals surface area (Å²) < 4.78 is 11.3. The fourth-order valence-corrected chi connectivity index (χ4v) is 5.75. The van der Waals surface area contributed by atoms with Gasteiger partial charge in [-0.1, -0.05) is 18.2 Å². The first-order valence-corrected chi connectivity index (χ1v) is 12.4.